The number of amides is 1. The van der Waals surface area contributed by atoms with E-state index in [4.69, 9.17) is 4.74 Å². The van der Waals surface area contributed by atoms with Crippen molar-refractivity contribution in [3.63, 3.8) is 0 Å². The van der Waals surface area contributed by atoms with Crippen LogP contribution in [0.25, 0.3) is 5.52 Å². The van der Waals surface area contributed by atoms with Gasteiger partial charge in [-0.05, 0) is 24.3 Å². The fraction of sp³-hybridized carbons (Fsp3) is 0.0714. The third-order valence-corrected chi connectivity index (χ3v) is 2.86. The molecule has 0 aliphatic heterocycles. The molecule has 3 aromatic heterocycles. The van der Waals surface area contributed by atoms with E-state index in [9.17, 15) is 4.79 Å². The van der Waals surface area contributed by atoms with Gasteiger partial charge in [-0.2, -0.15) is 5.10 Å². The lowest BCUT2D eigenvalue weighted by atomic mass is 10.2. The molecule has 100 valence electrons. The van der Waals surface area contributed by atoms with Crippen molar-refractivity contribution in [1.29, 1.82) is 0 Å². The van der Waals surface area contributed by atoms with Crippen molar-refractivity contribution in [3.8, 4) is 5.88 Å². The molecule has 0 aromatic carbocycles. The fourth-order valence-corrected chi connectivity index (χ4v) is 1.87. The first-order chi connectivity index (χ1) is 9.76. The Hall–Kier alpha value is -2.89. The molecule has 3 rings (SSSR count). The quantitative estimate of drug-likeness (QED) is 0.788. The van der Waals surface area contributed by atoms with Crippen LogP contribution in [-0.4, -0.2) is 27.6 Å². The molecule has 0 saturated carbocycles. The molecule has 0 saturated heterocycles. The van der Waals surface area contributed by atoms with Crippen LogP contribution in [0.4, 0.5) is 5.69 Å². The van der Waals surface area contributed by atoms with Crippen molar-refractivity contribution in [1.82, 2.24) is 14.6 Å². The average molecular weight is 268 g/mol. The fourth-order valence-electron chi connectivity index (χ4n) is 1.87. The molecule has 0 unspecified atom stereocenters. The van der Waals surface area contributed by atoms with Gasteiger partial charge in [-0.1, -0.05) is 0 Å². The van der Waals surface area contributed by atoms with Gasteiger partial charge in [0.25, 0.3) is 5.91 Å². The SMILES string of the molecule is COc1cc(C(=O)Nc2ccn3nccc3c2)ccn1. The van der Waals surface area contributed by atoms with Gasteiger partial charge in [-0.15, -0.1) is 0 Å². The molecule has 6 heteroatoms. The van der Waals surface area contributed by atoms with Crippen LogP contribution < -0.4 is 10.1 Å². The molecule has 0 bridgehead atoms. The Labute approximate surface area is 115 Å². The number of carbonyl (C=O) groups is 1. The maximum absolute atomic E-state index is 12.1. The molecular formula is C14H12N4O2. The number of ether oxygens (including phenoxy) is 1. The van der Waals surface area contributed by atoms with Crippen molar-refractivity contribution in [2.45, 2.75) is 0 Å². The summed E-state index contributed by atoms with van der Waals surface area (Å²) in [5, 5.41) is 6.93. The average Bonchev–Trinajstić information content (AvgIpc) is 2.95. The normalized spacial score (nSPS) is 10.4. The molecule has 1 amide bonds. The van der Waals surface area contributed by atoms with Crippen LogP contribution in [-0.2, 0) is 0 Å². The number of anilines is 1. The minimum Gasteiger partial charge on any atom is -0.481 e. The Morgan fingerprint density at radius 2 is 2.15 bits per heavy atom. The zero-order chi connectivity index (χ0) is 13.9. The Kier molecular flexibility index (Phi) is 3.04. The number of rotatable bonds is 3. The number of hydrogen-bond donors (Lipinski definition) is 1. The van der Waals surface area contributed by atoms with Crippen LogP contribution >= 0.6 is 0 Å². The topological polar surface area (TPSA) is 68.5 Å². The molecule has 0 radical (unpaired) electrons. The van der Waals surface area contributed by atoms with E-state index in [1.54, 1.807) is 35.1 Å². The Bertz CT molecular complexity index is 766. The number of fused-ring (bicyclic) bond motifs is 1. The first-order valence-electron chi connectivity index (χ1n) is 6.01. The predicted octanol–water partition coefficient (Wildman–Crippen LogP) is 1.99. The maximum Gasteiger partial charge on any atom is 0.255 e. The summed E-state index contributed by atoms with van der Waals surface area (Å²) in [5.41, 5.74) is 2.11. The van der Waals surface area contributed by atoms with Crippen molar-refractivity contribution < 1.29 is 9.53 Å². The molecule has 0 fully saturated rings. The molecular weight excluding hydrogens is 256 g/mol. The van der Waals surface area contributed by atoms with Crippen LogP contribution in [0, 0.1) is 0 Å². The van der Waals surface area contributed by atoms with Crippen LogP contribution in [0.5, 0.6) is 5.88 Å². The summed E-state index contributed by atoms with van der Waals surface area (Å²) in [6.07, 6.45) is 5.03. The monoisotopic (exact) mass is 268 g/mol. The highest BCUT2D eigenvalue weighted by Crippen LogP contribution is 2.14. The van der Waals surface area contributed by atoms with Crippen molar-refractivity contribution in [3.05, 3.63) is 54.5 Å². The zero-order valence-corrected chi connectivity index (χ0v) is 10.8. The van der Waals surface area contributed by atoms with Crippen molar-refractivity contribution in [2.24, 2.45) is 0 Å². The Balaban J connectivity index is 1.83. The van der Waals surface area contributed by atoms with E-state index in [0.717, 1.165) is 5.52 Å². The highest BCUT2D eigenvalue weighted by atomic mass is 16.5. The standard InChI is InChI=1S/C14H12N4O2/c1-20-13-8-10(2-5-15-13)14(19)17-11-4-7-18-12(9-11)3-6-16-18/h2-9H,1H3,(H,17,19). The minimum absolute atomic E-state index is 0.213. The molecule has 3 heterocycles. The van der Waals surface area contributed by atoms with Gasteiger partial charge >= 0.3 is 0 Å². The second-order valence-corrected chi connectivity index (χ2v) is 4.16. The summed E-state index contributed by atoms with van der Waals surface area (Å²) >= 11 is 0. The lowest BCUT2D eigenvalue weighted by molar-refractivity contribution is 0.102. The number of carbonyl (C=O) groups excluding carboxylic acids is 1. The van der Waals surface area contributed by atoms with E-state index in [1.165, 1.54) is 13.3 Å². The van der Waals surface area contributed by atoms with E-state index in [2.05, 4.69) is 15.4 Å². The Morgan fingerprint density at radius 3 is 3.00 bits per heavy atom. The second-order valence-electron chi connectivity index (χ2n) is 4.16. The third-order valence-electron chi connectivity index (χ3n) is 2.86. The molecule has 1 N–H and O–H groups in total. The van der Waals surface area contributed by atoms with E-state index in [1.807, 2.05) is 12.1 Å². The third kappa shape index (κ3) is 2.31. The van der Waals surface area contributed by atoms with E-state index in [0.29, 0.717) is 17.1 Å². The van der Waals surface area contributed by atoms with Gasteiger partial charge in [0.05, 0.1) is 12.6 Å². The molecule has 0 spiro atoms. The van der Waals surface area contributed by atoms with Gasteiger partial charge in [0.2, 0.25) is 5.88 Å². The zero-order valence-electron chi connectivity index (χ0n) is 10.8. The highest BCUT2D eigenvalue weighted by molar-refractivity contribution is 6.04. The number of pyridine rings is 2. The molecule has 20 heavy (non-hydrogen) atoms. The number of nitrogens with one attached hydrogen (secondary N) is 1. The molecule has 3 aromatic rings. The van der Waals surface area contributed by atoms with E-state index >= 15 is 0 Å². The van der Waals surface area contributed by atoms with Crippen LogP contribution in [0.3, 0.4) is 0 Å². The van der Waals surface area contributed by atoms with E-state index in [-0.39, 0.29) is 5.91 Å². The summed E-state index contributed by atoms with van der Waals surface area (Å²) in [6.45, 7) is 0. The summed E-state index contributed by atoms with van der Waals surface area (Å²) in [4.78, 5) is 16.1. The number of methoxy groups -OCH3 is 1. The molecule has 0 aliphatic carbocycles. The lowest BCUT2D eigenvalue weighted by Crippen LogP contribution is -2.12. The minimum atomic E-state index is -0.213. The van der Waals surface area contributed by atoms with Gasteiger partial charge in [0.1, 0.15) is 0 Å². The van der Waals surface area contributed by atoms with Gasteiger partial charge in [0.15, 0.2) is 0 Å². The molecule has 0 aliphatic rings. The predicted molar refractivity (Wildman–Crippen MR) is 73.9 cm³/mol. The largest absolute Gasteiger partial charge is 0.481 e. The first-order valence-corrected chi connectivity index (χ1v) is 6.01. The van der Waals surface area contributed by atoms with E-state index < -0.39 is 0 Å². The van der Waals surface area contributed by atoms with Crippen molar-refractivity contribution in [2.75, 3.05) is 12.4 Å². The van der Waals surface area contributed by atoms with Gasteiger partial charge in [-0.3, -0.25) is 4.79 Å². The maximum atomic E-state index is 12.1. The first kappa shape index (κ1) is 12.2. The van der Waals surface area contributed by atoms with Gasteiger partial charge in [-0.25, -0.2) is 9.50 Å². The second kappa shape index (κ2) is 5.00. The molecule has 6 nitrogen and oxygen atoms in total. The van der Waals surface area contributed by atoms with Gasteiger partial charge in [0, 0.05) is 35.9 Å². The van der Waals surface area contributed by atoms with Crippen LogP contribution in [0.15, 0.2) is 48.9 Å². The lowest BCUT2D eigenvalue weighted by Gasteiger charge is -2.06. The summed E-state index contributed by atoms with van der Waals surface area (Å²) in [7, 11) is 1.51. The number of nitrogens with zero attached hydrogens (tertiary/aromatic N) is 3. The van der Waals surface area contributed by atoms with Crippen LogP contribution in [0.2, 0.25) is 0 Å². The summed E-state index contributed by atoms with van der Waals surface area (Å²) < 4.78 is 6.73. The Morgan fingerprint density at radius 1 is 1.25 bits per heavy atom. The van der Waals surface area contributed by atoms with Crippen molar-refractivity contribution >= 4 is 17.1 Å². The number of hydrogen-bond acceptors (Lipinski definition) is 4. The summed E-state index contributed by atoms with van der Waals surface area (Å²) in [5.74, 6) is 0.193. The summed E-state index contributed by atoms with van der Waals surface area (Å²) in [6, 6.07) is 8.73. The highest BCUT2D eigenvalue weighted by Gasteiger charge is 2.08. The van der Waals surface area contributed by atoms with Gasteiger partial charge < -0.3 is 10.1 Å². The van der Waals surface area contributed by atoms with Crippen LogP contribution in [0.1, 0.15) is 10.4 Å². The number of aromatic nitrogens is 3. The molecule has 0 atom stereocenters. The smallest absolute Gasteiger partial charge is 0.255 e.